The van der Waals surface area contributed by atoms with Crippen LogP contribution in [0.5, 0.6) is 11.5 Å². The maximum atomic E-state index is 12.7. The van der Waals surface area contributed by atoms with Crippen LogP contribution < -0.4 is 10.3 Å². The average molecular weight is 434 g/mol. The van der Waals surface area contributed by atoms with E-state index in [4.69, 9.17) is 0 Å². The van der Waals surface area contributed by atoms with Crippen LogP contribution in [0.2, 0.25) is 0 Å². The van der Waals surface area contributed by atoms with E-state index >= 15 is 0 Å². The number of quaternary nitrogens is 1. The standard InChI is InChI=1S/C20H24N4O5S/c1-15-2-5-17(6-3-15)30(28,29)24-10-8-23(9-11-24)14-20(27)22-21-13-16-4-7-18(25)19(26)12-16/h2-7,12-13,25-26H,8-11,14H2,1H3,(H,22,27)/p+1/b21-13+. The molecular weight excluding hydrogens is 408 g/mol. The molecule has 0 aromatic heterocycles. The Morgan fingerprint density at radius 3 is 2.43 bits per heavy atom. The number of sulfonamides is 1. The van der Waals surface area contributed by atoms with Gasteiger partial charge in [-0.25, -0.2) is 13.8 Å². The Morgan fingerprint density at radius 2 is 1.80 bits per heavy atom. The molecule has 0 atom stereocenters. The molecule has 2 aromatic carbocycles. The van der Waals surface area contributed by atoms with Gasteiger partial charge in [0.15, 0.2) is 18.0 Å². The largest absolute Gasteiger partial charge is 0.504 e. The van der Waals surface area contributed by atoms with E-state index in [9.17, 15) is 23.4 Å². The number of carbonyl (C=O) groups is 1. The molecule has 0 spiro atoms. The summed E-state index contributed by atoms with van der Waals surface area (Å²) >= 11 is 0. The number of phenols is 2. The van der Waals surface area contributed by atoms with Gasteiger partial charge in [-0.2, -0.15) is 9.41 Å². The fraction of sp³-hybridized carbons (Fsp3) is 0.300. The summed E-state index contributed by atoms with van der Waals surface area (Å²) in [5.74, 6) is -0.796. The predicted molar refractivity (Wildman–Crippen MR) is 111 cm³/mol. The van der Waals surface area contributed by atoms with E-state index in [1.807, 2.05) is 6.92 Å². The third-order valence-electron chi connectivity index (χ3n) is 4.90. The summed E-state index contributed by atoms with van der Waals surface area (Å²) in [6.45, 7) is 3.81. The quantitative estimate of drug-likeness (QED) is 0.276. The van der Waals surface area contributed by atoms with E-state index in [-0.39, 0.29) is 28.8 Å². The maximum absolute atomic E-state index is 12.7. The van der Waals surface area contributed by atoms with Crippen molar-refractivity contribution in [3.05, 3.63) is 53.6 Å². The number of hydrazone groups is 1. The zero-order valence-electron chi connectivity index (χ0n) is 16.6. The van der Waals surface area contributed by atoms with Crippen molar-refractivity contribution < 1.29 is 28.3 Å². The molecule has 1 fully saturated rings. The Balaban J connectivity index is 1.48. The van der Waals surface area contributed by atoms with Crippen molar-refractivity contribution in [3.63, 3.8) is 0 Å². The van der Waals surface area contributed by atoms with Gasteiger partial charge in [-0.15, -0.1) is 0 Å². The first-order valence-electron chi connectivity index (χ1n) is 9.50. The van der Waals surface area contributed by atoms with Crippen molar-refractivity contribution in [1.29, 1.82) is 0 Å². The van der Waals surface area contributed by atoms with Gasteiger partial charge < -0.3 is 15.1 Å². The summed E-state index contributed by atoms with van der Waals surface area (Å²) in [4.78, 5) is 13.3. The lowest BCUT2D eigenvalue weighted by Crippen LogP contribution is -3.15. The van der Waals surface area contributed by atoms with Gasteiger partial charge in [0, 0.05) is 0 Å². The van der Waals surface area contributed by atoms with Crippen molar-refractivity contribution >= 4 is 22.1 Å². The third-order valence-corrected chi connectivity index (χ3v) is 6.81. The smallest absolute Gasteiger partial charge is 0.295 e. The minimum Gasteiger partial charge on any atom is -0.504 e. The van der Waals surface area contributed by atoms with Crippen LogP contribution in [0.3, 0.4) is 0 Å². The Bertz CT molecular complexity index is 1030. The van der Waals surface area contributed by atoms with E-state index in [1.165, 1.54) is 22.7 Å². The second-order valence-electron chi connectivity index (χ2n) is 7.19. The molecule has 160 valence electrons. The van der Waals surface area contributed by atoms with E-state index < -0.39 is 10.0 Å². The number of aryl methyl sites for hydroxylation is 1. The highest BCUT2D eigenvalue weighted by Crippen LogP contribution is 2.23. The number of nitrogens with zero attached hydrogens (tertiary/aromatic N) is 2. The summed E-state index contributed by atoms with van der Waals surface area (Å²) in [5, 5.41) is 22.6. The normalized spacial score (nSPS) is 16.0. The number of hydrogen-bond acceptors (Lipinski definition) is 6. The van der Waals surface area contributed by atoms with Gasteiger partial charge in [0.25, 0.3) is 5.91 Å². The molecule has 2 aromatic rings. The Morgan fingerprint density at radius 1 is 1.13 bits per heavy atom. The van der Waals surface area contributed by atoms with Gasteiger partial charge in [0.1, 0.15) is 0 Å². The van der Waals surface area contributed by atoms with Crippen molar-refractivity contribution in [2.45, 2.75) is 11.8 Å². The number of rotatable bonds is 6. The zero-order chi connectivity index (χ0) is 21.7. The van der Waals surface area contributed by atoms with Gasteiger partial charge in [-0.05, 0) is 42.8 Å². The zero-order valence-corrected chi connectivity index (χ0v) is 17.4. The highest BCUT2D eigenvalue weighted by molar-refractivity contribution is 7.89. The summed E-state index contributed by atoms with van der Waals surface area (Å²) in [5.41, 5.74) is 3.94. The van der Waals surface area contributed by atoms with Crippen molar-refractivity contribution in [2.75, 3.05) is 32.7 Å². The monoisotopic (exact) mass is 433 g/mol. The summed E-state index contributed by atoms with van der Waals surface area (Å²) < 4.78 is 26.9. The molecular formula is C20H25N4O5S+. The van der Waals surface area contributed by atoms with Crippen LogP contribution in [0.25, 0.3) is 0 Å². The first-order valence-corrected chi connectivity index (χ1v) is 10.9. The van der Waals surface area contributed by atoms with Crippen LogP contribution in [0.15, 0.2) is 52.5 Å². The molecule has 1 aliphatic heterocycles. The Hall–Kier alpha value is -2.95. The van der Waals surface area contributed by atoms with E-state index in [0.717, 1.165) is 10.5 Å². The molecule has 1 heterocycles. The number of aromatic hydroxyl groups is 2. The summed E-state index contributed by atoms with van der Waals surface area (Å²) in [6.07, 6.45) is 1.36. The molecule has 0 bridgehead atoms. The molecule has 10 heteroatoms. The third kappa shape index (κ3) is 5.35. The van der Waals surface area contributed by atoms with Gasteiger partial charge >= 0.3 is 0 Å². The lowest BCUT2D eigenvalue weighted by molar-refractivity contribution is -0.895. The minimum absolute atomic E-state index is 0.177. The second kappa shape index (κ2) is 9.24. The lowest BCUT2D eigenvalue weighted by atomic mass is 10.2. The number of piperazine rings is 1. The predicted octanol–water partition coefficient (Wildman–Crippen LogP) is -0.554. The van der Waals surface area contributed by atoms with Gasteiger partial charge in [0.2, 0.25) is 10.0 Å². The molecule has 0 radical (unpaired) electrons. The molecule has 1 aliphatic rings. The van der Waals surface area contributed by atoms with Crippen LogP contribution in [0.4, 0.5) is 0 Å². The second-order valence-corrected chi connectivity index (χ2v) is 9.12. The highest BCUT2D eigenvalue weighted by atomic mass is 32.2. The maximum Gasteiger partial charge on any atom is 0.295 e. The van der Waals surface area contributed by atoms with Gasteiger partial charge in [0.05, 0.1) is 37.3 Å². The average Bonchev–Trinajstić information content (AvgIpc) is 2.71. The number of nitrogens with one attached hydrogen (secondary N) is 2. The molecule has 1 amide bonds. The number of benzene rings is 2. The fourth-order valence-corrected chi connectivity index (χ4v) is 4.59. The van der Waals surface area contributed by atoms with E-state index in [0.29, 0.717) is 31.7 Å². The Labute approximate surface area is 175 Å². The van der Waals surface area contributed by atoms with Crippen LogP contribution in [-0.4, -0.2) is 67.8 Å². The molecule has 4 N–H and O–H groups in total. The topological polar surface area (TPSA) is 124 Å². The van der Waals surface area contributed by atoms with Gasteiger partial charge in [-0.1, -0.05) is 17.7 Å². The molecule has 0 unspecified atom stereocenters. The summed E-state index contributed by atoms with van der Waals surface area (Å²) in [6, 6.07) is 11.0. The fourth-order valence-electron chi connectivity index (χ4n) is 3.15. The molecule has 1 saturated heterocycles. The number of hydrogen-bond donors (Lipinski definition) is 4. The number of amides is 1. The SMILES string of the molecule is Cc1ccc(S(=O)(=O)N2CC[NH+](CC(=O)N/N=C/c3ccc(O)c(O)c3)CC2)cc1. The van der Waals surface area contributed by atoms with Crippen LogP contribution >= 0.6 is 0 Å². The summed E-state index contributed by atoms with van der Waals surface area (Å²) in [7, 11) is -3.52. The van der Waals surface area contributed by atoms with Gasteiger partial charge in [-0.3, -0.25) is 4.79 Å². The van der Waals surface area contributed by atoms with Crippen LogP contribution in [0, 0.1) is 6.92 Å². The van der Waals surface area contributed by atoms with E-state index in [2.05, 4.69) is 10.5 Å². The number of phenolic OH excluding ortho intramolecular Hbond substituents is 2. The Kier molecular flexibility index (Phi) is 6.70. The van der Waals surface area contributed by atoms with Crippen molar-refractivity contribution in [2.24, 2.45) is 5.10 Å². The molecule has 0 saturated carbocycles. The van der Waals surface area contributed by atoms with Crippen LogP contribution in [-0.2, 0) is 14.8 Å². The molecule has 0 aliphatic carbocycles. The van der Waals surface area contributed by atoms with Crippen molar-refractivity contribution in [3.8, 4) is 11.5 Å². The highest BCUT2D eigenvalue weighted by Gasteiger charge is 2.31. The first kappa shape index (κ1) is 21.8. The molecule has 9 nitrogen and oxygen atoms in total. The van der Waals surface area contributed by atoms with Crippen molar-refractivity contribution in [1.82, 2.24) is 9.73 Å². The first-order chi connectivity index (χ1) is 14.3. The van der Waals surface area contributed by atoms with E-state index in [1.54, 1.807) is 30.3 Å². The molecule has 30 heavy (non-hydrogen) atoms. The molecule has 3 rings (SSSR count). The minimum atomic E-state index is -3.52. The lowest BCUT2D eigenvalue weighted by Gasteiger charge is -2.31. The van der Waals surface area contributed by atoms with Crippen LogP contribution in [0.1, 0.15) is 11.1 Å². The number of carbonyl (C=O) groups excluding carboxylic acids is 1.